The summed E-state index contributed by atoms with van der Waals surface area (Å²) in [4.78, 5) is 24.2. The van der Waals surface area contributed by atoms with E-state index in [9.17, 15) is 9.59 Å². The molecule has 0 aliphatic rings. The smallest absolute Gasteiger partial charge is 0.273 e. The Bertz CT molecular complexity index is 784. The van der Waals surface area contributed by atoms with E-state index in [0.717, 1.165) is 25.8 Å². The highest BCUT2D eigenvalue weighted by atomic mass is 35.5. The molecule has 8 nitrogen and oxygen atoms in total. The molecule has 0 unspecified atom stereocenters. The van der Waals surface area contributed by atoms with E-state index in [-0.39, 0.29) is 17.2 Å². The molecule has 0 aliphatic carbocycles. The highest BCUT2D eigenvalue weighted by Crippen LogP contribution is 2.22. The van der Waals surface area contributed by atoms with Crippen LogP contribution >= 0.6 is 23.4 Å². The van der Waals surface area contributed by atoms with Crippen LogP contribution in [-0.4, -0.2) is 39.4 Å². The van der Waals surface area contributed by atoms with E-state index in [1.807, 2.05) is 4.57 Å². The molecule has 0 saturated heterocycles. The molecular weight excluding hydrogens is 390 g/mol. The second-order valence-electron chi connectivity index (χ2n) is 5.65. The van der Waals surface area contributed by atoms with Crippen LogP contribution in [0.25, 0.3) is 0 Å². The van der Waals surface area contributed by atoms with E-state index in [1.54, 1.807) is 18.5 Å². The summed E-state index contributed by atoms with van der Waals surface area (Å²) in [5, 5.41) is 8.97. The fourth-order valence-electron chi connectivity index (χ4n) is 2.26. The third-order valence-corrected chi connectivity index (χ3v) is 4.85. The quantitative estimate of drug-likeness (QED) is 0.374. The number of unbranched alkanes of at least 4 members (excludes halogenated alkanes) is 2. The molecule has 10 heteroatoms. The number of hydrogen-bond donors (Lipinski definition) is 2. The first-order chi connectivity index (χ1) is 13.0. The van der Waals surface area contributed by atoms with Gasteiger partial charge in [0.15, 0.2) is 5.16 Å². The van der Waals surface area contributed by atoms with Gasteiger partial charge in [-0.1, -0.05) is 43.1 Å². The number of amides is 2. The molecule has 0 radical (unpaired) electrons. The zero-order valence-electron chi connectivity index (χ0n) is 15.2. The van der Waals surface area contributed by atoms with Crippen molar-refractivity contribution < 1.29 is 14.3 Å². The Kier molecular flexibility index (Phi) is 8.41. The molecule has 0 aliphatic heterocycles. The second-order valence-corrected chi connectivity index (χ2v) is 7.03. The average Bonchev–Trinajstić information content (AvgIpc) is 3.12. The zero-order valence-corrected chi connectivity index (χ0v) is 16.8. The van der Waals surface area contributed by atoms with Crippen molar-refractivity contribution in [2.75, 3.05) is 12.9 Å². The molecule has 0 spiro atoms. The summed E-state index contributed by atoms with van der Waals surface area (Å²) in [6.45, 7) is 2.95. The van der Waals surface area contributed by atoms with E-state index in [1.165, 1.54) is 24.9 Å². The van der Waals surface area contributed by atoms with Crippen LogP contribution in [0.15, 0.2) is 29.7 Å². The lowest BCUT2D eigenvalue weighted by molar-refractivity contribution is -0.119. The van der Waals surface area contributed by atoms with E-state index < -0.39 is 5.91 Å². The number of nitrogens with zero attached hydrogens (tertiary/aromatic N) is 3. The minimum Gasteiger partial charge on any atom is -0.496 e. The maximum atomic E-state index is 12.2. The lowest BCUT2D eigenvalue weighted by Gasteiger charge is -2.10. The predicted octanol–water partition coefficient (Wildman–Crippen LogP) is 2.68. The van der Waals surface area contributed by atoms with Crippen molar-refractivity contribution in [2.24, 2.45) is 0 Å². The molecule has 2 rings (SSSR count). The monoisotopic (exact) mass is 411 g/mol. The molecule has 0 atom stereocenters. The largest absolute Gasteiger partial charge is 0.496 e. The fraction of sp³-hybridized carbons (Fsp3) is 0.412. The number of halogens is 1. The molecular formula is C17H22ClN5O3S. The number of thioether (sulfide) groups is 1. The maximum Gasteiger partial charge on any atom is 0.273 e. The number of nitrogens with one attached hydrogen (secondary N) is 2. The van der Waals surface area contributed by atoms with E-state index >= 15 is 0 Å². The number of carbonyl (C=O) groups is 2. The first-order valence-corrected chi connectivity index (χ1v) is 9.84. The highest BCUT2D eigenvalue weighted by Gasteiger charge is 2.14. The van der Waals surface area contributed by atoms with Crippen LogP contribution in [0.5, 0.6) is 5.75 Å². The summed E-state index contributed by atoms with van der Waals surface area (Å²) in [5.74, 6) is -0.423. The first-order valence-electron chi connectivity index (χ1n) is 8.48. The summed E-state index contributed by atoms with van der Waals surface area (Å²) in [7, 11) is 1.45. The van der Waals surface area contributed by atoms with Crippen LogP contribution in [0, 0.1) is 0 Å². The lowest BCUT2D eigenvalue weighted by atomic mass is 10.2. The van der Waals surface area contributed by atoms with Crippen molar-refractivity contribution in [2.45, 2.75) is 37.9 Å². The van der Waals surface area contributed by atoms with E-state index in [0.29, 0.717) is 15.9 Å². The summed E-state index contributed by atoms with van der Waals surface area (Å²) < 4.78 is 7.04. The van der Waals surface area contributed by atoms with Gasteiger partial charge in [-0.05, 0) is 24.6 Å². The number of hydrazine groups is 1. The van der Waals surface area contributed by atoms with Crippen LogP contribution in [-0.2, 0) is 11.3 Å². The molecule has 1 aromatic carbocycles. The van der Waals surface area contributed by atoms with Gasteiger partial charge in [0.2, 0.25) is 5.91 Å². The van der Waals surface area contributed by atoms with E-state index in [2.05, 4.69) is 28.0 Å². The minimum absolute atomic E-state index is 0.0967. The molecule has 0 fully saturated rings. The van der Waals surface area contributed by atoms with Crippen LogP contribution in [0.2, 0.25) is 5.02 Å². The SMILES string of the molecule is CCCCCn1cnnc1SCC(=O)NNC(=O)c1cc(Cl)ccc1OC. The van der Waals surface area contributed by atoms with Gasteiger partial charge in [0.1, 0.15) is 12.1 Å². The number of carbonyl (C=O) groups excluding carboxylic acids is 2. The van der Waals surface area contributed by atoms with Crippen molar-refractivity contribution in [3.8, 4) is 5.75 Å². The topological polar surface area (TPSA) is 98.1 Å². The molecule has 0 saturated carbocycles. The van der Waals surface area contributed by atoms with Gasteiger partial charge in [-0.25, -0.2) is 0 Å². The number of methoxy groups -OCH3 is 1. The standard InChI is InChI=1S/C17H22ClN5O3S/c1-3-4-5-8-23-11-19-22-17(23)27-10-15(24)20-21-16(25)13-9-12(18)6-7-14(13)26-2/h6-7,9,11H,3-5,8,10H2,1-2H3,(H,20,24)(H,21,25). The van der Waals surface area contributed by atoms with Gasteiger partial charge in [0.05, 0.1) is 18.4 Å². The number of hydrogen-bond acceptors (Lipinski definition) is 6. The van der Waals surface area contributed by atoms with Gasteiger partial charge in [-0.2, -0.15) is 0 Å². The number of benzene rings is 1. The third kappa shape index (κ3) is 6.44. The van der Waals surface area contributed by atoms with E-state index in [4.69, 9.17) is 16.3 Å². The minimum atomic E-state index is -0.518. The van der Waals surface area contributed by atoms with Gasteiger partial charge in [0, 0.05) is 11.6 Å². The molecule has 2 N–H and O–H groups in total. The number of aromatic nitrogens is 3. The molecule has 27 heavy (non-hydrogen) atoms. The van der Waals surface area contributed by atoms with Crippen molar-refractivity contribution in [1.82, 2.24) is 25.6 Å². The van der Waals surface area contributed by atoms with Crippen molar-refractivity contribution in [3.63, 3.8) is 0 Å². The van der Waals surface area contributed by atoms with Gasteiger partial charge in [-0.3, -0.25) is 20.4 Å². The van der Waals surface area contributed by atoms with Gasteiger partial charge >= 0.3 is 0 Å². The third-order valence-electron chi connectivity index (χ3n) is 3.64. The molecule has 2 aromatic rings. The molecule has 1 heterocycles. The second kappa shape index (κ2) is 10.8. The summed E-state index contributed by atoms with van der Waals surface area (Å²) in [6, 6.07) is 4.67. The first kappa shape index (κ1) is 21.0. The average molecular weight is 412 g/mol. The summed E-state index contributed by atoms with van der Waals surface area (Å²) in [5.41, 5.74) is 4.95. The van der Waals surface area contributed by atoms with Crippen molar-refractivity contribution >= 4 is 35.2 Å². The van der Waals surface area contributed by atoms with Gasteiger partial charge in [-0.15, -0.1) is 10.2 Å². The van der Waals surface area contributed by atoms with Crippen LogP contribution in [0.4, 0.5) is 0 Å². The van der Waals surface area contributed by atoms with Crippen molar-refractivity contribution in [1.29, 1.82) is 0 Å². The molecule has 146 valence electrons. The van der Waals surface area contributed by atoms with Gasteiger partial charge < -0.3 is 9.30 Å². The lowest BCUT2D eigenvalue weighted by Crippen LogP contribution is -2.42. The Balaban J connectivity index is 1.82. The Morgan fingerprint density at radius 3 is 2.85 bits per heavy atom. The fourth-order valence-corrected chi connectivity index (χ4v) is 3.17. The predicted molar refractivity (Wildman–Crippen MR) is 104 cm³/mol. The zero-order chi connectivity index (χ0) is 19.6. The van der Waals surface area contributed by atoms with Gasteiger partial charge in [0.25, 0.3) is 5.91 Å². The number of ether oxygens (including phenoxy) is 1. The highest BCUT2D eigenvalue weighted by molar-refractivity contribution is 7.99. The Morgan fingerprint density at radius 1 is 1.30 bits per heavy atom. The Morgan fingerprint density at radius 2 is 2.11 bits per heavy atom. The molecule has 1 aromatic heterocycles. The van der Waals surface area contributed by atoms with Crippen LogP contribution in [0.1, 0.15) is 36.5 Å². The number of rotatable bonds is 9. The summed E-state index contributed by atoms with van der Waals surface area (Å²) >= 11 is 7.16. The molecule has 2 amide bonds. The van der Waals surface area contributed by atoms with Crippen molar-refractivity contribution in [3.05, 3.63) is 35.1 Å². The Hall–Kier alpha value is -2.26. The Labute approximate surface area is 167 Å². The number of aryl methyl sites for hydroxylation is 1. The summed E-state index contributed by atoms with van der Waals surface area (Å²) in [6.07, 6.45) is 4.95. The van der Waals surface area contributed by atoms with Crippen LogP contribution < -0.4 is 15.6 Å². The van der Waals surface area contributed by atoms with Crippen LogP contribution in [0.3, 0.4) is 0 Å². The maximum absolute atomic E-state index is 12.2. The molecule has 0 bridgehead atoms. The normalized spacial score (nSPS) is 10.5.